The summed E-state index contributed by atoms with van der Waals surface area (Å²) in [7, 11) is 2.94. The number of alkyl carbamates (subject to hydrolysis) is 1. The van der Waals surface area contributed by atoms with Gasteiger partial charge in [0.1, 0.15) is 0 Å². The molecule has 3 N–H and O–H groups in total. The number of halogens is 1. The zero-order valence-corrected chi connectivity index (χ0v) is 13.6. The molecular formula is C13H18IN3O3. The van der Waals surface area contributed by atoms with Crippen LogP contribution in [0.3, 0.4) is 0 Å². The van der Waals surface area contributed by atoms with E-state index < -0.39 is 12.2 Å². The Morgan fingerprint density at radius 1 is 1.20 bits per heavy atom. The van der Waals surface area contributed by atoms with Crippen LogP contribution in [0.25, 0.3) is 0 Å². The third-order valence-corrected chi connectivity index (χ3v) is 3.09. The van der Waals surface area contributed by atoms with Gasteiger partial charge in [-0.3, -0.25) is 4.79 Å². The van der Waals surface area contributed by atoms with Crippen molar-refractivity contribution in [2.75, 3.05) is 30.4 Å². The fourth-order valence-corrected chi connectivity index (χ4v) is 1.81. The second kappa shape index (κ2) is 8.62. The smallest absolute Gasteiger partial charge is 0.408 e. The van der Waals surface area contributed by atoms with Crippen molar-refractivity contribution < 1.29 is 14.3 Å². The molecule has 110 valence electrons. The SMILES string of the molecule is CNC(=O)OC(C(=O)NC)c1ccc(NCCI)cc1. The molecule has 1 rings (SSSR count). The molecule has 0 spiro atoms. The summed E-state index contributed by atoms with van der Waals surface area (Å²) in [5.74, 6) is -0.374. The number of anilines is 1. The first-order valence-corrected chi connectivity index (χ1v) is 7.64. The highest BCUT2D eigenvalue weighted by Crippen LogP contribution is 2.20. The third kappa shape index (κ3) is 4.87. The van der Waals surface area contributed by atoms with Gasteiger partial charge >= 0.3 is 6.09 Å². The third-order valence-electron chi connectivity index (χ3n) is 2.55. The molecule has 0 aliphatic heterocycles. The number of benzene rings is 1. The van der Waals surface area contributed by atoms with Crippen LogP contribution in [0.15, 0.2) is 24.3 Å². The normalized spacial score (nSPS) is 11.3. The van der Waals surface area contributed by atoms with E-state index in [0.717, 1.165) is 16.7 Å². The minimum atomic E-state index is -0.960. The van der Waals surface area contributed by atoms with Crippen molar-refractivity contribution in [3.63, 3.8) is 0 Å². The highest BCUT2D eigenvalue weighted by atomic mass is 127. The van der Waals surface area contributed by atoms with Gasteiger partial charge in [0.25, 0.3) is 5.91 Å². The second-order valence-corrected chi connectivity index (χ2v) is 4.97. The van der Waals surface area contributed by atoms with Gasteiger partial charge in [-0.15, -0.1) is 0 Å². The topological polar surface area (TPSA) is 79.5 Å². The lowest BCUT2D eigenvalue weighted by molar-refractivity contribution is -0.129. The summed E-state index contributed by atoms with van der Waals surface area (Å²) in [5, 5.41) is 8.04. The van der Waals surface area contributed by atoms with Crippen LogP contribution in [0.1, 0.15) is 11.7 Å². The zero-order valence-electron chi connectivity index (χ0n) is 11.4. The zero-order chi connectivity index (χ0) is 15.0. The van der Waals surface area contributed by atoms with E-state index in [4.69, 9.17) is 4.74 Å². The van der Waals surface area contributed by atoms with E-state index in [1.807, 2.05) is 12.1 Å². The van der Waals surface area contributed by atoms with Crippen LogP contribution in [-0.4, -0.2) is 37.1 Å². The van der Waals surface area contributed by atoms with Gasteiger partial charge in [-0.25, -0.2) is 4.79 Å². The number of rotatable bonds is 6. The number of nitrogens with one attached hydrogen (secondary N) is 3. The first kappa shape index (κ1) is 16.5. The molecule has 0 saturated heterocycles. The quantitative estimate of drug-likeness (QED) is 0.509. The Morgan fingerprint density at radius 2 is 1.85 bits per heavy atom. The molecule has 1 aromatic carbocycles. The van der Waals surface area contributed by atoms with Crippen LogP contribution < -0.4 is 16.0 Å². The maximum Gasteiger partial charge on any atom is 0.408 e. The molecule has 1 unspecified atom stereocenters. The lowest BCUT2D eigenvalue weighted by Gasteiger charge is -2.17. The number of alkyl halides is 1. The molecule has 6 nitrogen and oxygen atoms in total. The van der Waals surface area contributed by atoms with Crippen LogP contribution in [0, 0.1) is 0 Å². The molecule has 0 bridgehead atoms. The first-order valence-electron chi connectivity index (χ1n) is 6.12. The highest BCUT2D eigenvalue weighted by Gasteiger charge is 2.23. The molecule has 2 amide bonds. The van der Waals surface area contributed by atoms with Gasteiger partial charge in [0.15, 0.2) is 0 Å². The molecule has 0 saturated carbocycles. The molecule has 0 heterocycles. The molecular weight excluding hydrogens is 373 g/mol. The first-order chi connectivity index (χ1) is 9.62. The maximum absolute atomic E-state index is 11.8. The number of carbonyl (C=O) groups is 2. The lowest BCUT2D eigenvalue weighted by Crippen LogP contribution is -2.32. The Labute approximate surface area is 131 Å². The van der Waals surface area contributed by atoms with E-state index in [-0.39, 0.29) is 5.91 Å². The molecule has 1 atom stereocenters. The molecule has 0 fully saturated rings. The summed E-state index contributed by atoms with van der Waals surface area (Å²) < 4.78 is 6.08. The minimum absolute atomic E-state index is 0.374. The van der Waals surface area contributed by atoms with Crippen molar-refractivity contribution in [2.24, 2.45) is 0 Å². The predicted molar refractivity (Wildman–Crippen MR) is 86.2 cm³/mol. The van der Waals surface area contributed by atoms with Gasteiger partial charge in [0.05, 0.1) is 0 Å². The molecule has 0 radical (unpaired) electrons. The van der Waals surface area contributed by atoms with Crippen LogP contribution in [0.2, 0.25) is 0 Å². The van der Waals surface area contributed by atoms with Crippen LogP contribution in [0.4, 0.5) is 10.5 Å². The fraction of sp³-hybridized carbons (Fsp3) is 0.385. The molecule has 0 aliphatic carbocycles. The van der Waals surface area contributed by atoms with Crippen molar-refractivity contribution >= 4 is 40.3 Å². The summed E-state index contributed by atoms with van der Waals surface area (Å²) >= 11 is 2.28. The summed E-state index contributed by atoms with van der Waals surface area (Å²) in [6, 6.07) is 7.23. The van der Waals surface area contributed by atoms with Crippen molar-refractivity contribution in [1.82, 2.24) is 10.6 Å². The number of amides is 2. The number of carbonyl (C=O) groups excluding carboxylic acids is 2. The Morgan fingerprint density at radius 3 is 2.35 bits per heavy atom. The van der Waals surface area contributed by atoms with Crippen molar-refractivity contribution in [3.05, 3.63) is 29.8 Å². The van der Waals surface area contributed by atoms with Gasteiger partial charge in [0, 0.05) is 36.3 Å². The van der Waals surface area contributed by atoms with Crippen LogP contribution >= 0.6 is 22.6 Å². The molecule has 1 aromatic rings. The van der Waals surface area contributed by atoms with Gasteiger partial charge < -0.3 is 20.7 Å². The molecule has 0 aromatic heterocycles. The number of ether oxygens (including phenoxy) is 1. The average molecular weight is 391 g/mol. The number of hydrogen-bond donors (Lipinski definition) is 3. The second-order valence-electron chi connectivity index (χ2n) is 3.89. The number of hydrogen-bond acceptors (Lipinski definition) is 4. The monoisotopic (exact) mass is 391 g/mol. The number of likely N-dealkylation sites (N-methyl/N-ethyl adjacent to an activating group) is 1. The maximum atomic E-state index is 11.8. The molecule has 0 aliphatic rings. The van der Waals surface area contributed by atoms with Gasteiger partial charge in [-0.1, -0.05) is 34.7 Å². The summed E-state index contributed by atoms with van der Waals surface area (Å²) in [6.07, 6.45) is -1.61. The van der Waals surface area contributed by atoms with Crippen molar-refractivity contribution in [1.29, 1.82) is 0 Å². The van der Waals surface area contributed by atoms with E-state index >= 15 is 0 Å². The van der Waals surface area contributed by atoms with Crippen molar-refractivity contribution in [3.8, 4) is 0 Å². The van der Waals surface area contributed by atoms with Crippen molar-refractivity contribution in [2.45, 2.75) is 6.10 Å². The Balaban J connectivity index is 2.85. The Bertz CT molecular complexity index is 451. The van der Waals surface area contributed by atoms with Gasteiger partial charge in [-0.2, -0.15) is 0 Å². The summed E-state index contributed by atoms with van der Waals surface area (Å²) in [5.41, 5.74) is 1.58. The molecule has 20 heavy (non-hydrogen) atoms. The van der Waals surface area contributed by atoms with Gasteiger partial charge in [0.2, 0.25) is 6.10 Å². The minimum Gasteiger partial charge on any atom is -0.431 e. The highest BCUT2D eigenvalue weighted by molar-refractivity contribution is 14.1. The Hall–Kier alpha value is -1.51. The average Bonchev–Trinajstić information content (AvgIpc) is 2.50. The van der Waals surface area contributed by atoms with E-state index in [0.29, 0.717) is 5.56 Å². The Kier molecular flexibility index (Phi) is 7.13. The summed E-state index contributed by atoms with van der Waals surface area (Å²) in [6.45, 7) is 0.869. The van der Waals surface area contributed by atoms with Crippen LogP contribution in [0.5, 0.6) is 0 Å². The summed E-state index contributed by atoms with van der Waals surface area (Å²) in [4.78, 5) is 23.1. The lowest BCUT2D eigenvalue weighted by atomic mass is 10.1. The van der Waals surface area contributed by atoms with E-state index in [1.165, 1.54) is 14.1 Å². The standard InChI is InChI=1S/C13H18IN3O3/c1-15-12(18)11(20-13(19)16-2)9-3-5-10(6-4-9)17-8-7-14/h3-6,11,17H,7-8H2,1-2H3,(H,15,18)(H,16,19). The predicted octanol–water partition coefficient (Wildman–Crippen LogP) is 1.68. The van der Waals surface area contributed by atoms with Crippen LogP contribution in [-0.2, 0) is 9.53 Å². The van der Waals surface area contributed by atoms with E-state index in [2.05, 4.69) is 38.5 Å². The van der Waals surface area contributed by atoms with E-state index in [9.17, 15) is 9.59 Å². The van der Waals surface area contributed by atoms with E-state index in [1.54, 1.807) is 12.1 Å². The largest absolute Gasteiger partial charge is 0.431 e. The molecule has 7 heteroatoms. The fourth-order valence-electron chi connectivity index (χ4n) is 1.54. The van der Waals surface area contributed by atoms with Gasteiger partial charge in [-0.05, 0) is 12.1 Å².